The van der Waals surface area contributed by atoms with Gasteiger partial charge >= 0.3 is 0 Å². The minimum absolute atomic E-state index is 0.204. The predicted molar refractivity (Wildman–Crippen MR) is 138 cm³/mol. The number of aliphatic hydroxyl groups excluding tert-OH is 3. The Hall–Kier alpha value is -0.120. The second kappa shape index (κ2) is 13.3. The summed E-state index contributed by atoms with van der Waals surface area (Å²) in [4.78, 5) is 0. The van der Waals surface area contributed by atoms with Crippen LogP contribution in [0.25, 0.3) is 0 Å². The molecule has 3 aliphatic carbocycles. The molecule has 3 fully saturated rings. The first-order valence-corrected chi connectivity index (χ1v) is 14.8. The van der Waals surface area contributed by atoms with Crippen LogP contribution in [-0.4, -0.2) is 33.6 Å². The molecule has 3 rings (SSSR count). The van der Waals surface area contributed by atoms with Gasteiger partial charge in [0.1, 0.15) is 0 Å². The van der Waals surface area contributed by atoms with E-state index in [2.05, 4.69) is 27.7 Å². The Kier molecular flexibility index (Phi) is 11.0. The molecule has 33 heavy (non-hydrogen) atoms. The monoisotopic (exact) mass is 464 g/mol. The molecule has 0 saturated heterocycles. The summed E-state index contributed by atoms with van der Waals surface area (Å²) >= 11 is 0. The van der Waals surface area contributed by atoms with Gasteiger partial charge in [-0.3, -0.25) is 0 Å². The van der Waals surface area contributed by atoms with Crippen molar-refractivity contribution >= 4 is 0 Å². The van der Waals surface area contributed by atoms with Crippen molar-refractivity contribution in [3.05, 3.63) is 0 Å². The van der Waals surface area contributed by atoms with Gasteiger partial charge in [0.05, 0.1) is 18.3 Å². The molecule has 0 aromatic rings. The summed E-state index contributed by atoms with van der Waals surface area (Å²) in [5.41, 5.74) is 0. The van der Waals surface area contributed by atoms with Gasteiger partial charge in [-0.1, -0.05) is 66.2 Å². The van der Waals surface area contributed by atoms with Gasteiger partial charge in [0.2, 0.25) is 0 Å². The van der Waals surface area contributed by atoms with Gasteiger partial charge in [0, 0.05) is 0 Å². The van der Waals surface area contributed by atoms with Gasteiger partial charge in [-0.15, -0.1) is 0 Å². The molecule has 0 aromatic heterocycles. The van der Waals surface area contributed by atoms with Gasteiger partial charge in [0.15, 0.2) is 0 Å². The van der Waals surface area contributed by atoms with Crippen molar-refractivity contribution in [2.75, 3.05) is 0 Å². The van der Waals surface area contributed by atoms with Gasteiger partial charge in [-0.25, -0.2) is 0 Å². The molecule has 3 N–H and O–H groups in total. The minimum atomic E-state index is -0.620. The molecule has 0 bridgehead atoms. The van der Waals surface area contributed by atoms with Crippen LogP contribution in [0.3, 0.4) is 0 Å². The molecule has 0 heterocycles. The molecular formula is C30H56O3. The molecule has 0 radical (unpaired) electrons. The van der Waals surface area contributed by atoms with Crippen LogP contribution in [0.5, 0.6) is 0 Å². The van der Waals surface area contributed by atoms with E-state index in [0.29, 0.717) is 30.1 Å². The third-order valence-corrected chi connectivity index (χ3v) is 10.2. The lowest BCUT2D eigenvalue weighted by molar-refractivity contribution is -0.0132. The lowest BCUT2D eigenvalue weighted by atomic mass is 9.72. The van der Waals surface area contributed by atoms with Crippen LogP contribution in [-0.2, 0) is 0 Å². The fourth-order valence-corrected chi connectivity index (χ4v) is 7.63. The van der Waals surface area contributed by atoms with Crippen LogP contribution < -0.4 is 0 Å². The average Bonchev–Trinajstić information content (AvgIpc) is 3.23. The quantitative estimate of drug-likeness (QED) is 0.309. The third kappa shape index (κ3) is 8.50. The van der Waals surface area contributed by atoms with Gasteiger partial charge in [0.25, 0.3) is 0 Å². The summed E-state index contributed by atoms with van der Waals surface area (Å²) in [5.74, 6) is 5.44. The lowest BCUT2D eigenvalue weighted by Gasteiger charge is -2.35. The number of hydrogen-bond donors (Lipinski definition) is 3. The molecule has 6 unspecified atom stereocenters. The summed E-state index contributed by atoms with van der Waals surface area (Å²) in [5, 5.41) is 32.5. The normalized spacial score (nSPS) is 37.1. The summed E-state index contributed by atoms with van der Waals surface area (Å²) < 4.78 is 0. The third-order valence-electron chi connectivity index (χ3n) is 10.2. The predicted octanol–water partition coefficient (Wildman–Crippen LogP) is 6.97. The highest BCUT2D eigenvalue weighted by Gasteiger charge is 2.34. The molecule has 194 valence electrons. The first kappa shape index (κ1) is 27.5. The van der Waals surface area contributed by atoms with Gasteiger partial charge < -0.3 is 15.3 Å². The Bertz CT molecular complexity index is 541. The highest BCUT2D eigenvalue weighted by atomic mass is 16.3. The molecule has 0 spiro atoms. The first-order valence-electron chi connectivity index (χ1n) is 14.8. The van der Waals surface area contributed by atoms with E-state index < -0.39 is 12.2 Å². The zero-order valence-electron chi connectivity index (χ0n) is 22.3. The number of hydrogen-bond acceptors (Lipinski definition) is 3. The van der Waals surface area contributed by atoms with E-state index in [1.807, 2.05) is 0 Å². The van der Waals surface area contributed by atoms with Crippen LogP contribution in [0, 0.1) is 47.3 Å². The Labute approximate surface area is 205 Å². The summed E-state index contributed by atoms with van der Waals surface area (Å²) in [6, 6.07) is 0. The molecule has 0 aromatic carbocycles. The topological polar surface area (TPSA) is 60.7 Å². The van der Waals surface area contributed by atoms with Crippen LogP contribution in [0.4, 0.5) is 0 Å². The van der Waals surface area contributed by atoms with E-state index >= 15 is 0 Å². The standard InChI is InChI=1S/C30H56O3/c1-20(2)25(19-29(32)24-11-8-21(3)9-12-24)14-15-28(31)30(33)18-23-6-5-7-26(17-23)27-13-10-22(4)16-27/h20-33H,5-19H2,1-4H3/t21-,22?,23?,24+,25-,26?,27?,28?,29?,30-/m0/s1. The van der Waals surface area contributed by atoms with Crippen LogP contribution >= 0.6 is 0 Å². The SMILES string of the molecule is CC1CCC(C2CCCC(C[C@H](O)C(O)CC[C@@H](CC(O)[C@H]3CC[C@@H](C)CC3)C(C)C)C2)C1. The van der Waals surface area contributed by atoms with Crippen molar-refractivity contribution < 1.29 is 15.3 Å². The first-order chi connectivity index (χ1) is 15.7. The maximum Gasteiger partial charge on any atom is 0.0801 e. The summed E-state index contributed by atoms with van der Waals surface area (Å²) in [7, 11) is 0. The van der Waals surface area contributed by atoms with E-state index in [4.69, 9.17) is 0 Å². The highest BCUT2D eigenvalue weighted by molar-refractivity contribution is 4.85. The fraction of sp³-hybridized carbons (Fsp3) is 1.00. The van der Waals surface area contributed by atoms with E-state index in [1.165, 1.54) is 57.8 Å². The molecule has 3 saturated carbocycles. The minimum Gasteiger partial charge on any atom is -0.393 e. The Morgan fingerprint density at radius 3 is 2.00 bits per heavy atom. The molecule has 3 nitrogen and oxygen atoms in total. The average molecular weight is 465 g/mol. The van der Waals surface area contributed by atoms with Crippen LogP contribution in [0.2, 0.25) is 0 Å². The van der Waals surface area contributed by atoms with E-state index in [1.54, 1.807) is 0 Å². The molecule has 3 aliphatic rings. The maximum atomic E-state index is 10.9. The van der Waals surface area contributed by atoms with Gasteiger partial charge in [-0.05, 0) is 105 Å². The van der Waals surface area contributed by atoms with E-state index in [-0.39, 0.29) is 6.10 Å². The Balaban J connectivity index is 1.40. The van der Waals surface area contributed by atoms with Crippen molar-refractivity contribution in [1.82, 2.24) is 0 Å². The molecule has 0 aliphatic heterocycles. The van der Waals surface area contributed by atoms with Gasteiger partial charge in [-0.2, -0.15) is 0 Å². The second-order valence-electron chi connectivity index (χ2n) is 13.2. The van der Waals surface area contributed by atoms with Crippen LogP contribution in [0.15, 0.2) is 0 Å². The van der Waals surface area contributed by atoms with Crippen molar-refractivity contribution in [2.45, 2.75) is 142 Å². The van der Waals surface area contributed by atoms with Crippen LogP contribution in [0.1, 0.15) is 124 Å². The molecule has 3 heteroatoms. The maximum absolute atomic E-state index is 10.9. The largest absolute Gasteiger partial charge is 0.393 e. The van der Waals surface area contributed by atoms with Crippen molar-refractivity contribution in [3.8, 4) is 0 Å². The van der Waals surface area contributed by atoms with E-state index in [9.17, 15) is 15.3 Å². The summed E-state index contributed by atoms with van der Waals surface area (Å²) in [6.45, 7) is 9.22. The smallest absolute Gasteiger partial charge is 0.0801 e. The highest BCUT2D eigenvalue weighted by Crippen LogP contribution is 2.44. The second-order valence-corrected chi connectivity index (χ2v) is 13.2. The lowest BCUT2D eigenvalue weighted by Crippen LogP contribution is -2.32. The number of rotatable bonds is 11. The Morgan fingerprint density at radius 2 is 1.36 bits per heavy atom. The zero-order chi connectivity index (χ0) is 24.0. The van der Waals surface area contributed by atoms with Crippen molar-refractivity contribution in [2.24, 2.45) is 47.3 Å². The fourth-order valence-electron chi connectivity index (χ4n) is 7.63. The molecular weight excluding hydrogens is 408 g/mol. The van der Waals surface area contributed by atoms with Crippen molar-refractivity contribution in [1.29, 1.82) is 0 Å². The van der Waals surface area contributed by atoms with E-state index in [0.717, 1.165) is 55.8 Å². The summed E-state index contributed by atoms with van der Waals surface area (Å²) in [6.07, 6.45) is 16.0. The zero-order valence-corrected chi connectivity index (χ0v) is 22.3. The molecule has 0 amide bonds. The Morgan fingerprint density at radius 1 is 0.697 bits per heavy atom. The van der Waals surface area contributed by atoms with Crippen molar-refractivity contribution in [3.63, 3.8) is 0 Å². The number of aliphatic hydroxyl groups is 3. The molecule has 8 atom stereocenters.